The summed E-state index contributed by atoms with van der Waals surface area (Å²) in [5.74, 6) is -0.0489. The third kappa shape index (κ3) is 4.83. The van der Waals surface area contributed by atoms with Gasteiger partial charge in [-0.15, -0.1) is 0 Å². The van der Waals surface area contributed by atoms with E-state index in [1.54, 1.807) is 6.08 Å². The first-order chi connectivity index (χ1) is 8.13. The van der Waals surface area contributed by atoms with Crippen LogP contribution in [0.3, 0.4) is 0 Å². The largest absolute Gasteiger partial charge is 0.348 e. The van der Waals surface area contributed by atoms with Gasteiger partial charge in [0.1, 0.15) is 0 Å². The summed E-state index contributed by atoms with van der Waals surface area (Å²) in [6.07, 6.45) is 3.27. The van der Waals surface area contributed by atoms with Gasteiger partial charge in [-0.2, -0.15) is 0 Å². The van der Waals surface area contributed by atoms with Crippen molar-refractivity contribution in [3.63, 3.8) is 0 Å². The topological polar surface area (TPSA) is 32.3 Å². The minimum absolute atomic E-state index is 0.0489. The minimum Gasteiger partial charge on any atom is -0.348 e. The molecule has 0 fully saturated rings. The molecule has 0 aliphatic rings. The van der Waals surface area contributed by atoms with E-state index in [2.05, 4.69) is 22.3 Å². The van der Waals surface area contributed by atoms with Crippen LogP contribution in [0.25, 0.3) is 0 Å². The van der Waals surface area contributed by atoms with Crippen molar-refractivity contribution in [2.75, 3.05) is 14.1 Å². The van der Waals surface area contributed by atoms with Gasteiger partial charge in [-0.3, -0.25) is 4.79 Å². The highest BCUT2D eigenvalue weighted by molar-refractivity contribution is 5.87. The third-order valence-corrected chi connectivity index (χ3v) is 2.38. The maximum Gasteiger partial charge on any atom is 0.243 e. The van der Waals surface area contributed by atoms with Crippen LogP contribution < -0.4 is 5.32 Å². The lowest BCUT2D eigenvalue weighted by molar-refractivity contribution is -0.116. The molecule has 0 radical (unpaired) electrons. The summed E-state index contributed by atoms with van der Waals surface area (Å²) in [6.45, 7) is 3.29. The standard InChI is InChI=1S/C14H20N2O/c1-4-7-14(17)15-10-12-8-5-6-9-13(12)11-16(2)3/h4-9H,10-11H2,1-3H3,(H,15,17). The highest BCUT2D eigenvalue weighted by atomic mass is 16.1. The molecule has 0 saturated heterocycles. The highest BCUT2D eigenvalue weighted by Gasteiger charge is 2.03. The Bertz CT molecular complexity index is 397. The Morgan fingerprint density at radius 1 is 1.29 bits per heavy atom. The number of allylic oxidation sites excluding steroid dienone is 1. The summed E-state index contributed by atoms with van der Waals surface area (Å²) in [4.78, 5) is 13.5. The molecule has 92 valence electrons. The molecule has 1 aromatic rings. The monoisotopic (exact) mass is 232 g/mol. The molecule has 0 saturated carbocycles. The average molecular weight is 232 g/mol. The number of nitrogens with zero attached hydrogens (tertiary/aromatic N) is 1. The zero-order valence-corrected chi connectivity index (χ0v) is 10.7. The second-order valence-electron chi connectivity index (χ2n) is 4.22. The van der Waals surface area contributed by atoms with Crippen LogP contribution in [0.2, 0.25) is 0 Å². The van der Waals surface area contributed by atoms with Crippen LogP contribution in [0.5, 0.6) is 0 Å². The van der Waals surface area contributed by atoms with E-state index >= 15 is 0 Å². The van der Waals surface area contributed by atoms with Gasteiger partial charge in [0.2, 0.25) is 5.91 Å². The number of rotatable bonds is 5. The molecule has 1 rings (SSSR count). The van der Waals surface area contributed by atoms with Crippen molar-refractivity contribution < 1.29 is 4.79 Å². The van der Waals surface area contributed by atoms with E-state index in [-0.39, 0.29) is 5.91 Å². The molecular weight excluding hydrogens is 212 g/mol. The van der Waals surface area contributed by atoms with Crippen LogP contribution >= 0.6 is 0 Å². The summed E-state index contributed by atoms with van der Waals surface area (Å²) in [6, 6.07) is 8.17. The number of benzene rings is 1. The molecule has 1 N–H and O–H groups in total. The summed E-state index contributed by atoms with van der Waals surface area (Å²) in [5, 5.41) is 2.87. The predicted molar refractivity (Wildman–Crippen MR) is 70.5 cm³/mol. The van der Waals surface area contributed by atoms with Crippen molar-refractivity contribution in [2.24, 2.45) is 0 Å². The molecule has 17 heavy (non-hydrogen) atoms. The molecule has 1 amide bonds. The fourth-order valence-corrected chi connectivity index (χ4v) is 1.62. The molecule has 0 aliphatic carbocycles. The fraction of sp³-hybridized carbons (Fsp3) is 0.357. The first kappa shape index (κ1) is 13.5. The van der Waals surface area contributed by atoms with Crippen LogP contribution in [0, 0.1) is 0 Å². The number of hydrogen-bond acceptors (Lipinski definition) is 2. The average Bonchev–Trinajstić information content (AvgIpc) is 2.27. The summed E-state index contributed by atoms with van der Waals surface area (Å²) in [5.41, 5.74) is 2.41. The maximum atomic E-state index is 11.3. The highest BCUT2D eigenvalue weighted by Crippen LogP contribution is 2.10. The number of hydrogen-bond donors (Lipinski definition) is 1. The van der Waals surface area contributed by atoms with Gasteiger partial charge < -0.3 is 10.2 Å². The molecule has 1 aromatic carbocycles. The SMILES string of the molecule is CC=CC(=O)NCc1ccccc1CN(C)C. The van der Waals surface area contributed by atoms with E-state index in [0.717, 1.165) is 6.54 Å². The van der Waals surface area contributed by atoms with Gasteiger partial charge in [0.15, 0.2) is 0 Å². The molecule has 0 heterocycles. The number of carbonyl (C=O) groups is 1. The van der Waals surface area contributed by atoms with E-state index in [4.69, 9.17) is 0 Å². The lowest BCUT2D eigenvalue weighted by Gasteiger charge is -2.14. The van der Waals surface area contributed by atoms with Crippen LogP contribution in [-0.4, -0.2) is 24.9 Å². The number of nitrogens with one attached hydrogen (secondary N) is 1. The van der Waals surface area contributed by atoms with Crippen molar-refractivity contribution in [1.29, 1.82) is 0 Å². The summed E-state index contributed by atoms with van der Waals surface area (Å²) in [7, 11) is 4.07. The van der Waals surface area contributed by atoms with Gasteiger partial charge in [0.25, 0.3) is 0 Å². The molecular formula is C14H20N2O. The Morgan fingerprint density at radius 3 is 2.53 bits per heavy atom. The first-order valence-corrected chi connectivity index (χ1v) is 5.75. The lowest BCUT2D eigenvalue weighted by atomic mass is 10.1. The third-order valence-electron chi connectivity index (χ3n) is 2.38. The molecule has 0 unspecified atom stereocenters. The van der Waals surface area contributed by atoms with E-state index in [1.807, 2.05) is 33.2 Å². The zero-order valence-electron chi connectivity index (χ0n) is 10.7. The maximum absolute atomic E-state index is 11.3. The Labute approximate surface area is 103 Å². The van der Waals surface area contributed by atoms with Gasteiger partial charge in [-0.05, 0) is 38.2 Å². The predicted octanol–water partition coefficient (Wildman–Crippen LogP) is 1.94. The molecule has 0 spiro atoms. The second-order valence-corrected chi connectivity index (χ2v) is 4.22. The van der Waals surface area contributed by atoms with E-state index in [1.165, 1.54) is 17.2 Å². The fourth-order valence-electron chi connectivity index (χ4n) is 1.62. The number of amides is 1. The van der Waals surface area contributed by atoms with Crippen molar-refractivity contribution in [3.05, 3.63) is 47.5 Å². The first-order valence-electron chi connectivity index (χ1n) is 5.75. The Kier molecular flexibility index (Phi) is 5.43. The van der Waals surface area contributed by atoms with Crippen LogP contribution in [0.15, 0.2) is 36.4 Å². The van der Waals surface area contributed by atoms with Gasteiger partial charge in [0, 0.05) is 13.1 Å². The molecule has 3 nitrogen and oxygen atoms in total. The molecule has 0 bridgehead atoms. The second kappa shape index (κ2) is 6.86. The van der Waals surface area contributed by atoms with E-state index in [9.17, 15) is 4.79 Å². The van der Waals surface area contributed by atoms with Gasteiger partial charge >= 0.3 is 0 Å². The Hall–Kier alpha value is -1.61. The summed E-state index contributed by atoms with van der Waals surface area (Å²) >= 11 is 0. The normalized spacial score (nSPS) is 11.1. The van der Waals surface area contributed by atoms with Crippen LogP contribution in [-0.2, 0) is 17.9 Å². The molecule has 0 aliphatic heterocycles. The van der Waals surface area contributed by atoms with Crippen molar-refractivity contribution >= 4 is 5.91 Å². The van der Waals surface area contributed by atoms with Crippen molar-refractivity contribution in [3.8, 4) is 0 Å². The Balaban J connectivity index is 2.66. The van der Waals surface area contributed by atoms with E-state index in [0.29, 0.717) is 6.54 Å². The van der Waals surface area contributed by atoms with Crippen LogP contribution in [0.1, 0.15) is 18.1 Å². The quantitative estimate of drug-likeness (QED) is 0.787. The van der Waals surface area contributed by atoms with E-state index < -0.39 is 0 Å². The van der Waals surface area contributed by atoms with Gasteiger partial charge in [0.05, 0.1) is 0 Å². The molecule has 0 atom stereocenters. The van der Waals surface area contributed by atoms with Gasteiger partial charge in [-0.25, -0.2) is 0 Å². The minimum atomic E-state index is -0.0489. The zero-order chi connectivity index (χ0) is 12.7. The number of carbonyl (C=O) groups excluding carboxylic acids is 1. The Morgan fingerprint density at radius 2 is 1.94 bits per heavy atom. The van der Waals surface area contributed by atoms with Crippen LogP contribution in [0.4, 0.5) is 0 Å². The smallest absolute Gasteiger partial charge is 0.243 e. The molecule has 3 heteroatoms. The lowest BCUT2D eigenvalue weighted by Crippen LogP contribution is -2.22. The van der Waals surface area contributed by atoms with Crippen molar-refractivity contribution in [1.82, 2.24) is 10.2 Å². The van der Waals surface area contributed by atoms with Gasteiger partial charge in [-0.1, -0.05) is 30.3 Å². The summed E-state index contributed by atoms with van der Waals surface area (Å²) < 4.78 is 0. The molecule has 0 aromatic heterocycles. The van der Waals surface area contributed by atoms with Crippen molar-refractivity contribution in [2.45, 2.75) is 20.0 Å².